The van der Waals surface area contributed by atoms with Crippen LogP contribution in [0.15, 0.2) is 65.1 Å². The summed E-state index contributed by atoms with van der Waals surface area (Å²) < 4.78 is 0.749. The number of benzene rings is 2. The van der Waals surface area contributed by atoms with Crippen molar-refractivity contribution in [3.8, 4) is 6.07 Å². The van der Waals surface area contributed by atoms with Crippen molar-refractivity contribution >= 4 is 51.2 Å². The Morgan fingerprint density at radius 3 is 2.73 bits per heavy atom. The molecule has 1 N–H and O–H groups in total. The number of nitrogens with zero attached hydrogens (tertiary/aromatic N) is 5. The molecule has 0 aliphatic heterocycles. The lowest BCUT2D eigenvalue weighted by molar-refractivity contribution is -0.111. The molecule has 9 heteroatoms. The minimum absolute atomic E-state index is 0.315. The summed E-state index contributed by atoms with van der Waals surface area (Å²) in [5.41, 5.74) is 3.89. The molecule has 0 spiro atoms. The Kier molecular flexibility index (Phi) is 6.08. The minimum Gasteiger partial charge on any atom is -0.297 e. The van der Waals surface area contributed by atoms with Gasteiger partial charge in [0.05, 0.1) is 34.6 Å². The SMILES string of the molecule is N#Cc1ccc(CSc2nnc(NC(=O)/C=C/c3cnc4ccccc4n3)s2)cc1. The average molecular weight is 431 g/mol. The molecule has 30 heavy (non-hydrogen) atoms. The third-order valence-corrected chi connectivity index (χ3v) is 6.00. The van der Waals surface area contributed by atoms with Gasteiger partial charge in [0.25, 0.3) is 0 Å². The predicted molar refractivity (Wildman–Crippen MR) is 118 cm³/mol. The lowest BCUT2D eigenvalue weighted by Gasteiger charge is -1.98. The summed E-state index contributed by atoms with van der Waals surface area (Å²) in [5.74, 6) is 0.388. The summed E-state index contributed by atoms with van der Waals surface area (Å²) in [6.07, 6.45) is 4.62. The van der Waals surface area contributed by atoms with Gasteiger partial charge in [0.1, 0.15) is 0 Å². The predicted octanol–water partition coefficient (Wildman–Crippen LogP) is 4.30. The first kappa shape index (κ1) is 19.7. The average Bonchev–Trinajstić information content (AvgIpc) is 3.23. The van der Waals surface area contributed by atoms with Gasteiger partial charge < -0.3 is 0 Å². The van der Waals surface area contributed by atoms with Crippen LogP contribution in [0.1, 0.15) is 16.8 Å². The maximum Gasteiger partial charge on any atom is 0.250 e. The Morgan fingerprint density at radius 2 is 1.93 bits per heavy atom. The van der Waals surface area contributed by atoms with Crippen molar-refractivity contribution in [2.75, 3.05) is 5.32 Å². The second kappa shape index (κ2) is 9.26. The molecule has 0 atom stereocenters. The van der Waals surface area contributed by atoms with Crippen LogP contribution in [0.5, 0.6) is 0 Å². The van der Waals surface area contributed by atoms with Crippen molar-refractivity contribution in [3.63, 3.8) is 0 Å². The first-order valence-electron chi connectivity index (χ1n) is 8.86. The van der Waals surface area contributed by atoms with E-state index in [0.717, 1.165) is 20.9 Å². The molecular weight excluding hydrogens is 416 g/mol. The number of para-hydroxylation sites is 2. The summed E-state index contributed by atoms with van der Waals surface area (Å²) in [6, 6.07) is 17.0. The number of hydrogen-bond acceptors (Lipinski definition) is 8. The molecule has 0 radical (unpaired) electrons. The molecule has 2 aromatic carbocycles. The largest absolute Gasteiger partial charge is 0.297 e. The number of hydrogen-bond donors (Lipinski definition) is 1. The Balaban J connectivity index is 1.32. The molecule has 1 amide bonds. The molecule has 4 aromatic rings. The van der Waals surface area contributed by atoms with Gasteiger partial charge in [-0.2, -0.15) is 5.26 Å². The van der Waals surface area contributed by atoms with Crippen molar-refractivity contribution in [2.24, 2.45) is 0 Å². The number of amides is 1. The van der Waals surface area contributed by atoms with Crippen LogP contribution >= 0.6 is 23.1 Å². The van der Waals surface area contributed by atoms with Crippen LogP contribution in [0.4, 0.5) is 5.13 Å². The molecule has 0 bridgehead atoms. The Hall–Kier alpha value is -3.61. The van der Waals surface area contributed by atoms with Gasteiger partial charge >= 0.3 is 0 Å². The molecule has 0 unspecified atom stereocenters. The standard InChI is InChI=1S/C21H14N6OS2/c22-11-14-5-7-15(8-6-14)13-29-21-27-26-20(30-21)25-19(28)10-9-16-12-23-17-3-1-2-4-18(17)24-16/h1-10,12H,13H2,(H,25,26,28)/b10-9+. The number of carbonyl (C=O) groups excluding carboxylic acids is 1. The first-order chi connectivity index (χ1) is 14.7. The number of anilines is 1. The number of carbonyl (C=O) groups is 1. The van der Waals surface area contributed by atoms with Gasteiger partial charge in [-0.15, -0.1) is 10.2 Å². The fraction of sp³-hybridized carbons (Fsp3) is 0.0476. The van der Waals surface area contributed by atoms with Crippen molar-refractivity contribution < 1.29 is 4.79 Å². The Bertz CT molecular complexity index is 1260. The van der Waals surface area contributed by atoms with E-state index in [2.05, 4.69) is 31.6 Å². The van der Waals surface area contributed by atoms with Gasteiger partial charge in [-0.3, -0.25) is 15.1 Å². The van der Waals surface area contributed by atoms with Crippen LogP contribution in [-0.2, 0) is 10.5 Å². The maximum atomic E-state index is 12.2. The second-order valence-electron chi connectivity index (χ2n) is 6.08. The zero-order chi connectivity index (χ0) is 20.8. The molecule has 7 nitrogen and oxygen atoms in total. The van der Waals surface area contributed by atoms with Crippen LogP contribution < -0.4 is 5.32 Å². The smallest absolute Gasteiger partial charge is 0.250 e. The molecule has 4 rings (SSSR count). The normalized spacial score (nSPS) is 10.9. The fourth-order valence-electron chi connectivity index (χ4n) is 2.50. The second-order valence-corrected chi connectivity index (χ2v) is 8.28. The number of rotatable bonds is 6. The zero-order valence-corrected chi connectivity index (χ0v) is 17.2. The highest BCUT2D eigenvalue weighted by atomic mass is 32.2. The van der Waals surface area contributed by atoms with Gasteiger partial charge in [0.2, 0.25) is 11.0 Å². The highest BCUT2D eigenvalue weighted by Crippen LogP contribution is 2.28. The summed E-state index contributed by atoms with van der Waals surface area (Å²) in [4.78, 5) is 20.9. The number of aromatic nitrogens is 4. The maximum absolute atomic E-state index is 12.2. The molecule has 0 aliphatic carbocycles. The third kappa shape index (κ3) is 5.05. The quantitative estimate of drug-likeness (QED) is 0.276. The van der Waals surface area contributed by atoms with Crippen LogP contribution in [0.2, 0.25) is 0 Å². The van der Waals surface area contributed by atoms with Gasteiger partial charge in [-0.05, 0) is 35.9 Å². The van der Waals surface area contributed by atoms with E-state index >= 15 is 0 Å². The van der Waals surface area contributed by atoms with E-state index in [4.69, 9.17) is 5.26 Å². The first-order valence-corrected chi connectivity index (χ1v) is 10.7. The highest BCUT2D eigenvalue weighted by molar-refractivity contribution is 8.00. The van der Waals surface area contributed by atoms with E-state index in [9.17, 15) is 4.79 Å². The zero-order valence-electron chi connectivity index (χ0n) is 15.5. The Morgan fingerprint density at radius 1 is 1.13 bits per heavy atom. The topological polar surface area (TPSA) is 104 Å². The van der Waals surface area contributed by atoms with E-state index in [-0.39, 0.29) is 5.91 Å². The molecule has 2 heterocycles. The van der Waals surface area contributed by atoms with Gasteiger partial charge in [0.15, 0.2) is 4.34 Å². The molecule has 0 saturated carbocycles. The van der Waals surface area contributed by atoms with Gasteiger partial charge in [0, 0.05) is 11.8 Å². The fourth-order valence-corrected chi connectivity index (χ4v) is 4.21. The summed E-state index contributed by atoms with van der Waals surface area (Å²) >= 11 is 2.83. The van der Waals surface area contributed by atoms with Gasteiger partial charge in [-0.1, -0.05) is 47.4 Å². The number of nitriles is 1. The van der Waals surface area contributed by atoms with E-state index in [1.807, 2.05) is 36.4 Å². The number of fused-ring (bicyclic) bond motifs is 1. The van der Waals surface area contributed by atoms with Crippen LogP contribution in [-0.4, -0.2) is 26.1 Å². The van der Waals surface area contributed by atoms with E-state index in [1.54, 1.807) is 24.4 Å². The molecular formula is C21H14N6OS2. The minimum atomic E-state index is -0.315. The van der Waals surface area contributed by atoms with Crippen LogP contribution in [0.25, 0.3) is 17.1 Å². The Labute approximate surface area is 180 Å². The van der Waals surface area contributed by atoms with Crippen LogP contribution in [0, 0.1) is 11.3 Å². The van der Waals surface area contributed by atoms with Gasteiger partial charge in [-0.25, -0.2) is 4.98 Å². The van der Waals surface area contributed by atoms with Crippen molar-refractivity contribution in [1.29, 1.82) is 5.26 Å². The molecule has 0 aliphatic rings. The summed E-state index contributed by atoms with van der Waals surface area (Å²) in [5, 5.41) is 20.1. The van der Waals surface area contributed by atoms with Crippen LogP contribution in [0.3, 0.4) is 0 Å². The van der Waals surface area contributed by atoms with Crippen molar-refractivity contribution in [2.45, 2.75) is 10.1 Å². The summed E-state index contributed by atoms with van der Waals surface area (Å²) in [7, 11) is 0. The molecule has 0 saturated heterocycles. The summed E-state index contributed by atoms with van der Waals surface area (Å²) in [6.45, 7) is 0. The van der Waals surface area contributed by atoms with E-state index in [1.165, 1.54) is 29.2 Å². The monoisotopic (exact) mass is 430 g/mol. The highest BCUT2D eigenvalue weighted by Gasteiger charge is 2.07. The lowest BCUT2D eigenvalue weighted by Crippen LogP contribution is -2.07. The third-order valence-electron chi connectivity index (χ3n) is 3.95. The lowest BCUT2D eigenvalue weighted by atomic mass is 10.2. The number of thioether (sulfide) groups is 1. The van der Waals surface area contributed by atoms with E-state index < -0.39 is 0 Å². The van der Waals surface area contributed by atoms with E-state index in [0.29, 0.717) is 22.1 Å². The van der Waals surface area contributed by atoms with Crippen molar-refractivity contribution in [3.05, 3.63) is 77.6 Å². The molecule has 146 valence electrons. The number of nitrogens with one attached hydrogen (secondary N) is 1. The molecule has 0 fully saturated rings. The van der Waals surface area contributed by atoms with Crippen molar-refractivity contribution in [1.82, 2.24) is 20.2 Å². The molecule has 2 aromatic heterocycles.